The number of nitrogens with one attached hydrogen (secondary N) is 1. The summed E-state index contributed by atoms with van der Waals surface area (Å²) in [6.07, 6.45) is 4.48. The zero-order chi connectivity index (χ0) is 18.8. The first-order valence-electron chi connectivity index (χ1n) is 9.45. The highest BCUT2D eigenvalue weighted by Crippen LogP contribution is 2.34. The third kappa shape index (κ3) is 3.35. The van der Waals surface area contributed by atoms with Crippen molar-refractivity contribution >= 4 is 11.2 Å². The van der Waals surface area contributed by atoms with Gasteiger partial charge < -0.3 is 9.30 Å². The Kier molecular flexibility index (Phi) is 4.94. The maximum absolute atomic E-state index is 12.7. The van der Waals surface area contributed by atoms with Gasteiger partial charge in [-0.3, -0.25) is 14.3 Å². The highest BCUT2D eigenvalue weighted by Gasteiger charge is 2.26. The lowest BCUT2D eigenvalue weighted by Crippen LogP contribution is -2.32. The first kappa shape index (κ1) is 17.7. The van der Waals surface area contributed by atoms with E-state index < -0.39 is 5.69 Å². The maximum Gasteiger partial charge on any atom is 0.330 e. The molecule has 1 aliphatic rings. The van der Waals surface area contributed by atoms with E-state index in [-0.39, 0.29) is 5.56 Å². The summed E-state index contributed by atoms with van der Waals surface area (Å²) in [5.41, 5.74) is 1.21. The second-order valence-corrected chi connectivity index (χ2v) is 7.10. The first-order chi connectivity index (χ1) is 13.2. The number of aromatic nitrogens is 4. The molecule has 1 saturated carbocycles. The number of fused-ring (bicyclic) bond motifs is 1. The molecule has 2 aromatic heterocycles. The standard InChI is InChI=1S/C20H24N4O3/c1-27-12-11-23-18-16(19(25)22-20(23)26)24(13-14-7-3-2-4-8-14)17(21-18)15-9-5-6-10-15/h2-4,7-8,15H,5-6,9-13H2,1H3,(H,22,25,26). The van der Waals surface area contributed by atoms with Crippen molar-refractivity contribution in [1.29, 1.82) is 0 Å². The summed E-state index contributed by atoms with van der Waals surface area (Å²) < 4.78 is 8.64. The molecule has 3 aromatic rings. The van der Waals surface area contributed by atoms with Crippen LogP contribution in [0.15, 0.2) is 39.9 Å². The lowest BCUT2D eigenvalue weighted by molar-refractivity contribution is 0.187. The SMILES string of the molecule is COCCn1c(=O)[nH]c(=O)c2c1nc(C1CCCC1)n2Cc1ccccc1. The Morgan fingerprint density at radius 3 is 2.59 bits per heavy atom. The number of nitrogens with zero attached hydrogens (tertiary/aromatic N) is 3. The van der Waals surface area contributed by atoms with Crippen LogP contribution in [-0.4, -0.2) is 32.8 Å². The molecular formula is C20H24N4O3. The summed E-state index contributed by atoms with van der Waals surface area (Å²) in [4.78, 5) is 32.3. The second-order valence-electron chi connectivity index (χ2n) is 7.10. The Balaban J connectivity index is 1.93. The highest BCUT2D eigenvalue weighted by molar-refractivity contribution is 5.71. The minimum atomic E-state index is -0.438. The van der Waals surface area contributed by atoms with Crippen LogP contribution in [-0.2, 0) is 17.8 Å². The van der Waals surface area contributed by atoms with Crippen LogP contribution >= 0.6 is 0 Å². The first-order valence-corrected chi connectivity index (χ1v) is 9.45. The van der Waals surface area contributed by atoms with Crippen LogP contribution in [0, 0.1) is 0 Å². The third-order valence-corrected chi connectivity index (χ3v) is 5.34. The minimum absolute atomic E-state index is 0.325. The smallest absolute Gasteiger partial charge is 0.330 e. The largest absolute Gasteiger partial charge is 0.383 e. The maximum atomic E-state index is 12.7. The molecule has 1 N–H and O–H groups in total. The van der Waals surface area contributed by atoms with Crippen LogP contribution in [0.2, 0.25) is 0 Å². The van der Waals surface area contributed by atoms with Crippen molar-refractivity contribution in [3.8, 4) is 0 Å². The van der Waals surface area contributed by atoms with Crippen molar-refractivity contribution in [3.05, 3.63) is 62.6 Å². The Labute approximate surface area is 156 Å². The number of rotatable bonds is 6. The van der Waals surface area contributed by atoms with Gasteiger partial charge in [-0.1, -0.05) is 43.2 Å². The molecule has 0 spiro atoms. The Morgan fingerprint density at radius 1 is 1.15 bits per heavy atom. The van der Waals surface area contributed by atoms with E-state index in [0.717, 1.165) is 24.2 Å². The van der Waals surface area contributed by atoms with Crippen LogP contribution in [0.5, 0.6) is 0 Å². The lowest BCUT2D eigenvalue weighted by atomic mass is 10.1. The van der Waals surface area contributed by atoms with Crippen molar-refractivity contribution in [2.24, 2.45) is 0 Å². The van der Waals surface area contributed by atoms with Crippen molar-refractivity contribution < 1.29 is 4.74 Å². The Hall–Kier alpha value is -2.67. The van der Waals surface area contributed by atoms with Gasteiger partial charge in [0.05, 0.1) is 13.2 Å². The van der Waals surface area contributed by atoms with Gasteiger partial charge in [-0.2, -0.15) is 0 Å². The summed E-state index contributed by atoms with van der Waals surface area (Å²) in [5.74, 6) is 1.24. The Morgan fingerprint density at radius 2 is 1.89 bits per heavy atom. The highest BCUT2D eigenvalue weighted by atomic mass is 16.5. The fraction of sp³-hybridized carbons (Fsp3) is 0.450. The van der Waals surface area contributed by atoms with Crippen molar-refractivity contribution in [3.63, 3.8) is 0 Å². The second kappa shape index (κ2) is 7.52. The van der Waals surface area contributed by atoms with Gasteiger partial charge in [-0.25, -0.2) is 9.78 Å². The van der Waals surface area contributed by atoms with Crippen molar-refractivity contribution in [1.82, 2.24) is 19.1 Å². The normalized spacial score (nSPS) is 15.0. The van der Waals surface area contributed by atoms with Crippen molar-refractivity contribution in [2.45, 2.75) is 44.7 Å². The molecule has 2 heterocycles. The molecule has 0 bridgehead atoms. The summed E-state index contributed by atoms with van der Waals surface area (Å²) in [5, 5.41) is 0. The van der Waals surface area contributed by atoms with Gasteiger partial charge in [0.1, 0.15) is 5.82 Å². The number of methoxy groups -OCH3 is 1. The van der Waals surface area contributed by atoms with E-state index in [1.807, 2.05) is 34.9 Å². The molecule has 27 heavy (non-hydrogen) atoms. The lowest BCUT2D eigenvalue weighted by Gasteiger charge is -2.13. The number of hydrogen-bond donors (Lipinski definition) is 1. The quantitative estimate of drug-likeness (QED) is 0.723. The molecule has 0 unspecified atom stereocenters. The predicted octanol–water partition coefficient (Wildman–Crippen LogP) is 2.24. The molecule has 0 radical (unpaired) electrons. The third-order valence-electron chi connectivity index (χ3n) is 5.34. The molecule has 0 aliphatic heterocycles. The number of benzene rings is 1. The van der Waals surface area contributed by atoms with E-state index in [1.54, 1.807) is 7.11 Å². The number of hydrogen-bond acceptors (Lipinski definition) is 4. The van der Waals surface area contributed by atoms with Gasteiger partial charge in [-0.05, 0) is 18.4 Å². The van der Waals surface area contributed by atoms with E-state index in [4.69, 9.17) is 9.72 Å². The van der Waals surface area contributed by atoms with Gasteiger partial charge >= 0.3 is 5.69 Å². The molecule has 4 rings (SSSR count). The zero-order valence-electron chi connectivity index (χ0n) is 15.5. The average Bonchev–Trinajstić information content (AvgIpc) is 3.31. The average molecular weight is 368 g/mol. The molecule has 142 valence electrons. The van der Waals surface area contributed by atoms with Crippen LogP contribution < -0.4 is 11.2 Å². The summed E-state index contributed by atoms with van der Waals surface area (Å²) in [6, 6.07) is 10.0. The van der Waals surface area contributed by atoms with E-state index in [2.05, 4.69) is 4.98 Å². The number of H-pyrrole nitrogens is 1. The van der Waals surface area contributed by atoms with Gasteiger partial charge in [0.2, 0.25) is 0 Å². The number of ether oxygens (including phenoxy) is 1. The summed E-state index contributed by atoms with van der Waals surface area (Å²) >= 11 is 0. The number of imidazole rings is 1. The predicted molar refractivity (Wildman–Crippen MR) is 103 cm³/mol. The molecular weight excluding hydrogens is 344 g/mol. The van der Waals surface area contributed by atoms with Crippen molar-refractivity contribution in [2.75, 3.05) is 13.7 Å². The van der Waals surface area contributed by atoms with Crippen LogP contribution in [0.1, 0.15) is 43.0 Å². The molecule has 1 aliphatic carbocycles. The van der Waals surface area contributed by atoms with E-state index >= 15 is 0 Å². The molecule has 7 nitrogen and oxygen atoms in total. The monoisotopic (exact) mass is 368 g/mol. The summed E-state index contributed by atoms with van der Waals surface area (Å²) in [7, 11) is 1.59. The topological polar surface area (TPSA) is 81.9 Å². The van der Waals surface area contributed by atoms with Gasteiger partial charge in [0.25, 0.3) is 5.56 Å². The van der Waals surface area contributed by atoms with E-state index in [9.17, 15) is 9.59 Å². The minimum Gasteiger partial charge on any atom is -0.383 e. The molecule has 1 fully saturated rings. The van der Waals surface area contributed by atoms with Gasteiger partial charge in [0.15, 0.2) is 11.2 Å². The summed E-state index contributed by atoms with van der Waals surface area (Å²) in [6.45, 7) is 1.30. The molecule has 0 amide bonds. The fourth-order valence-electron chi connectivity index (χ4n) is 4.00. The van der Waals surface area contributed by atoms with Gasteiger partial charge in [0, 0.05) is 19.6 Å². The molecule has 1 aromatic carbocycles. The van der Waals surface area contributed by atoms with Crippen LogP contribution in [0.3, 0.4) is 0 Å². The van der Waals surface area contributed by atoms with E-state index in [0.29, 0.717) is 36.8 Å². The fourth-order valence-corrected chi connectivity index (χ4v) is 4.00. The van der Waals surface area contributed by atoms with E-state index in [1.165, 1.54) is 17.4 Å². The van der Waals surface area contributed by atoms with Crippen LogP contribution in [0.25, 0.3) is 11.2 Å². The molecule has 0 atom stereocenters. The molecule has 7 heteroatoms. The molecule has 0 saturated heterocycles. The zero-order valence-corrected chi connectivity index (χ0v) is 15.5. The van der Waals surface area contributed by atoms with Crippen LogP contribution in [0.4, 0.5) is 0 Å². The van der Waals surface area contributed by atoms with Gasteiger partial charge in [-0.15, -0.1) is 0 Å². The number of aromatic amines is 1. The Bertz CT molecular complexity index is 1040.